The van der Waals surface area contributed by atoms with E-state index in [-0.39, 0.29) is 5.91 Å². The molecule has 1 aliphatic heterocycles. The number of hydrogen-bond acceptors (Lipinski definition) is 3. The first kappa shape index (κ1) is 12.8. The minimum atomic E-state index is -0.784. The summed E-state index contributed by atoms with van der Waals surface area (Å²) >= 11 is 0. The van der Waals surface area contributed by atoms with E-state index in [1.165, 1.54) is 25.7 Å². The van der Waals surface area contributed by atoms with Crippen molar-refractivity contribution in [1.82, 2.24) is 5.32 Å². The van der Waals surface area contributed by atoms with Crippen molar-refractivity contribution >= 4 is 5.91 Å². The molecule has 98 valence electrons. The minimum absolute atomic E-state index is 0.0327. The molecule has 2 fully saturated rings. The SMILES string of the molecule is CCC1(CNC(=O)C2(N)CCOC2)CCCC1. The molecule has 1 unspecified atom stereocenters. The molecule has 2 rings (SSSR count). The second-order valence-corrected chi connectivity index (χ2v) is 5.70. The molecule has 4 heteroatoms. The summed E-state index contributed by atoms with van der Waals surface area (Å²) in [4.78, 5) is 12.1. The van der Waals surface area contributed by atoms with Crippen molar-refractivity contribution < 1.29 is 9.53 Å². The first-order chi connectivity index (χ1) is 8.10. The Kier molecular flexibility index (Phi) is 3.73. The van der Waals surface area contributed by atoms with E-state index in [0.29, 0.717) is 25.0 Å². The predicted octanol–water partition coefficient (Wildman–Crippen LogP) is 1.19. The number of ether oxygens (including phenoxy) is 1. The van der Waals surface area contributed by atoms with E-state index in [1.54, 1.807) is 0 Å². The Labute approximate surface area is 103 Å². The topological polar surface area (TPSA) is 64.4 Å². The quantitative estimate of drug-likeness (QED) is 0.776. The van der Waals surface area contributed by atoms with Crippen molar-refractivity contribution in [2.45, 2.75) is 51.0 Å². The first-order valence-electron chi connectivity index (χ1n) is 6.75. The molecule has 1 saturated heterocycles. The Morgan fingerprint density at radius 1 is 1.35 bits per heavy atom. The van der Waals surface area contributed by atoms with Crippen LogP contribution in [0.5, 0.6) is 0 Å². The summed E-state index contributed by atoms with van der Waals surface area (Å²) in [7, 11) is 0. The molecule has 2 aliphatic rings. The van der Waals surface area contributed by atoms with Crippen LogP contribution in [0.2, 0.25) is 0 Å². The van der Waals surface area contributed by atoms with Crippen molar-refractivity contribution in [1.29, 1.82) is 0 Å². The van der Waals surface area contributed by atoms with Gasteiger partial charge in [0.05, 0.1) is 6.61 Å². The van der Waals surface area contributed by atoms with Crippen molar-refractivity contribution in [3.8, 4) is 0 Å². The third-order valence-corrected chi connectivity index (χ3v) is 4.54. The van der Waals surface area contributed by atoms with E-state index in [1.807, 2.05) is 0 Å². The van der Waals surface area contributed by atoms with E-state index in [2.05, 4.69) is 12.2 Å². The van der Waals surface area contributed by atoms with Crippen molar-refractivity contribution in [2.75, 3.05) is 19.8 Å². The Bertz CT molecular complexity index is 279. The van der Waals surface area contributed by atoms with Gasteiger partial charge in [0.1, 0.15) is 5.54 Å². The molecule has 1 atom stereocenters. The van der Waals surface area contributed by atoms with E-state index >= 15 is 0 Å². The second kappa shape index (κ2) is 4.94. The molecule has 0 aromatic carbocycles. The van der Waals surface area contributed by atoms with Crippen LogP contribution in [0.15, 0.2) is 0 Å². The van der Waals surface area contributed by atoms with Crippen LogP contribution in [0.1, 0.15) is 45.4 Å². The summed E-state index contributed by atoms with van der Waals surface area (Å²) in [6.07, 6.45) is 6.83. The molecule has 3 N–H and O–H groups in total. The summed E-state index contributed by atoms with van der Waals surface area (Å²) in [5.74, 6) is -0.0327. The minimum Gasteiger partial charge on any atom is -0.379 e. The number of hydrogen-bond donors (Lipinski definition) is 2. The highest BCUT2D eigenvalue weighted by Gasteiger charge is 2.40. The Morgan fingerprint density at radius 2 is 2.06 bits per heavy atom. The summed E-state index contributed by atoms with van der Waals surface area (Å²) in [6, 6.07) is 0. The van der Waals surface area contributed by atoms with Gasteiger partial charge in [-0.1, -0.05) is 19.8 Å². The zero-order valence-corrected chi connectivity index (χ0v) is 10.8. The van der Waals surface area contributed by atoms with E-state index in [0.717, 1.165) is 13.0 Å². The summed E-state index contributed by atoms with van der Waals surface area (Å²) in [6.45, 7) is 3.95. The molecule has 1 saturated carbocycles. The molecule has 0 bridgehead atoms. The number of carbonyl (C=O) groups excluding carboxylic acids is 1. The van der Waals surface area contributed by atoms with Gasteiger partial charge in [-0.2, -0.15) is 0 Å². The van der Waals surface area contributed by atoms with Gasteiger partial charge < -0.3 is 15.8 Å². The van der Waals surface area contributed by atoms with Crippen LogP contribution in [0.25, 0.3) is 0 Å². The molecular formula is C13H24N2O2. The van der Waals surface area contributed by atoms with Crippen LogP contribution < -0.4 is 11.1 Å². The fourth-order valence-electron chi connectivity index (χ4n) is 2.98. The van der Waals surface area contributed by atoms with E-state index in [4.69, 9.17) is 10.5 Å². The van der Waals surface area contributed by atoms with Crippen LogP contribution in [0.3, 0.4) is 0 Å². The van der Waals surface area contributed by atoms with E-state index in [9.17, 15) is 4.79 Å². The third-order valence-electron chi connectivity index (χ3n) is 4.54. The maximum atomic E-state index is 12.1. The average Bonchev–Trinajstić information content (AvgIpc) is 2.96. The van der Waals surface area contributed by atoms with Crippen molar-refractivity contribution in [3.05, 3.63) is 0 Å². The van der Waals surface area contributed by atoms with Crippen LogP contribution >= 0.6 is 0 Å². The Hall–Kier alpha value is -0.610. The van der Waals surface area contributed by atoms with Crippen LogP contribution in [-0.2, 0) is 9.53 Å². The van der Waals surface area contributed by atoms with Crippen LogP contribution in [0.4, 0.5) is 0 Å². The molecule has 4 nitrogen and oxygen atoms in total. The monoisotopic (exact) mass is 240 g/mol. The average molecular weight is 240 g/mol. The Morgan fingerprint density at radius 3 is 2.59 bits per heavy atom. The molecule has 0 radical (unpaired) electrons. The van der Waals surface area contributed by atoms with Gasteiger partial charge in [0, 0.05) is 13.2 Å². The molecule has 0 aromatic rings. The fraction of sp³-hybridized carbons (Fsp3) is 0.923. The zero-order valence-electron chi connectivity index (χ0n) is 10.8. The highest BCUT2D eigenvalue weighted by Crippen LogP contribution is 2.40. The summed E-state index contributed by atoms with van der Waals surface area (Å²) in [5.41, 5.74) is 5.58. The largest absolute Gasteiger partial charge is 0.379 e. The van der Waals surface area contributed by atoms with Crippen molar-refractivity contribution in [3.63, 3.8) is 0 Å². The lowest BCUT2D eigenvalue weighted by Crippen LogP contribution is -2.56. The highest BCUT2D eigenvalue weighted by atomic mass is 16.5. The lowest BCUT2D eigenvalue weighted by atomic mass is 9.83. The normalized spacial score (nSPS) is 31.6. The molecule has 1 aliphatic carbocycles. The first-order valence-corrected chi connectivity index (χ1v) is 6.75. The van der Waals surface area contributed by atoms with Crippen molar-refractivity contribution in [2.24, 2.45) is 11.1 Å². The summed E-state index contributed by atoms with van der Waals surface area (Å²) < 4.78 is 5.22. The fourth-order valence-corrected chi connectivity index (χ4v) is 2.98. The summed E-state index contributed by atoms with van der Waals surface area (Å²) in [5, 5.41) is 3.05. The maximum Gasteiger partial charge on any atom is 0.242 e. The predicted molar refractivity (Wildman–Crippen MR) is 66.6 cm³/mol. The van der Waals surface area contributed by atoms with Gasteiger partial charge in [0.25, 0.3) is 0 Å². The third kappa shape index (κ3) is 2.63. The van der Waals surface area contributed by atoms with Crippen LogP contribution in [-0.4, -0.2) is 31.2 Å². The van der Waals surface area contributed by atoms with Gasteiger partial charge in [-0.05, 0) is 31.1 Å². The molecule has 0 aromatic heterocycles. The Balaban J connectivity index is 1.87. The van der Waals surface area contributed by atoms with Gasteiger partial charge in [-0.3, -0.25) is 4.79 Å². The van der Waals surface area contributed by atoms with Gasteiger partial charge >= 0.3 is 0 Å². The zero-order chi connectivity index (χ0) is 12.4. The number of nitrogens with two attached hydrogens (primary N) is 1. The smallest absolute Gasteiger partial charge is 0.242 e. The van der Waals surface area contributed by atoms with Gasteiger partial charge in [0.2, 0.25) is 5.91 Å². The lowest BCUT2D eigenvalue weighted by molar-refractivity contribution is -0.126. The number of carbonyl (C=O) groups is 1. The molecule has 17 heavy (non-hydrogen) atoms. The number of nitrogens with one attached hydrogen (secondary N) is 1. The van der Waals surface area contributed by atoms with Gasteiger partial charge in [-0.25, -0.2) is 0 Å². The maximum absolute atomic E-state index is 12.1. The molecular weight excluding hydrogens is 216 g/mol. The number of amides is 1. The molecule has 1 heterocycles. The second-order valence-electron chi connectivity index (χ2n) is 5.70. The van der Waals surface area contributed by atoms with Gasteiger partial charge in [0.15, 0.2) is 0 Å². The molecule has 0 spiro atoms. The standard InChI is InChI=1S/C13H24N2O2/c1-2-12(5-3-4-6-12)9-15-11(16)13(14)7-8-17-10-13/h2-10,14H2,1H3,(H,15,16). The highest BCUT2D eigenvalue weighted by molar-refractivity contribution is 5.86. The van der Waals surface area contributed by atoms with Gasteiger partial charge in [-0.15, -0.1) is 0 Å². The van der Waals surface area contributed by atoms with E-state index < -0.39 is 5.54 Å². The lowest BCUT2D eigenvalue weighted by Gasteiger charge is -2.30. The molecule has 1 amide bonds. The number of rotatable bonds is 4. The van der Waals surface area contributed by atoms with Crippen LogP contribution in [0, 0.1) is 5.41 Å².